The van der Waals surface area contributed by atoms with Gasteiger partial charge in [0.2, 0.25) is 0 Å². The zero-order chi connectivity index (χ0) is 8.65. The van der Waals surface area contributed by atoms with Crippen LogP contribution in [0.2, 0.25) is 0 Å². The number of unbranched alkanes of at least 4 members (excludes halogenated alkanes) is 1. The third kappa shape index (κ3) is 4.04. The minimum atomic E-state index is 0.335. The number of rotatable bonds is 4. The Bertz CT molecular complexity index is 101. The van der Waals surface area contributed by atoms with Gasteiger partial charge in [-0.15, -0.1) is 0 Å². The molecule has 0 spiro atoms. The maximum atomic E-state index is 8.62. The first-order chi connectivity index (χ1) is 5.93. The summed E-state index contributed by atoms with van der Waals surface area (Å²) in [6, 6.07) is 0. The Balaban J connectivity index is 2.04. The van der Waals surface area contributed by atoms with Gasteiger partial charge in [-0.1, -0.05) is 0 Å². The number of hydrogen-bond donors (Lipinski definition) is 2. The van der Waals surface area contributed by atoms with Crippen LogP contribution in [-0.4, -0.2) is 42.9 Å². The summed E-state index contributed by atoms with van der Waals surface area (Å²) in [4.78, 5) is 2.43. The molecule has 1 saturated heterocycles. The average Bonchev–Trinajstić information content (AvgIpc) is 2.33. The molecule has 0 aromatic rings. The molecule has 1 aliphatic rings. The highest BCUT2D eigenvalue weighted by atomic mass is 16.2. The third-order valence-electron chi connectivity index (χ3n) is 2.30. The molecule has 3 heteroatoms. The first-order valence-electron chi connectivity index (χ1n) is 4.97. The second-order valence-corrected chi connectivity index (χ2v) is 3.41. The first kappa shape index (κ1) is 9.96. The molecule has 0 aliphatic carbocycles. The van der Waals surface area contributed by atoms with Crippen LogP contribution in [0.1, 0.15) is 25.7 Å². The van der Waals surface area contributed by atoms with Gasteiger partial charge in [0.15, 0.2) is 0 Å². The molecule has 0 radical (unpaired) electrons. The van der Waals surface area contributed by atoms with Crippen molar-refractivity contribution in [2.24, 2.45) is 0 Å². The lowest BCUT2D eigenvalue weighted by atomic mass is 10.3. The molecular formula is C9H20N2O. The van der Waals surface area contributed by atoms with Crippen LogP contribution in [0.4, 0.5) is 0 Å². The van der Waals surface area contributed by atoms with Gasteiger partial charge in [0.1, 0.15) is 0 Å². The highest BCUT2D eigenvalue weighted by Crippen LogP contribution is 2.00. The summed E-state index contributed by atoms with van der Waals surface area (Å²) in [6.07, 6.45) is 4.68. The Hall–Kier alpha value is -0.120. The van der Waals surface area contributed by atoms with Crippen molar-refractivity contribution in [3.8, 4) is 0 Å². The molecule has 0 amide bonds. The van der Waals surface area contributed by atoms with Gasteiger partial charge in [0, 0.05) is 13.3 Å². The van der Waals surface area contributed by atoms with E-state index in [1.807, 2.05) is 0 Å². The molecule has 0 aromatic heterocycles. The molecule has 12 heavy (non-hydrogen) atoms. The van der Waals surface area contributed by atoms with E-state index in [2.05, 4.69) is 10.2 Å². The predicted molar refractivity (Wildman–Crippen MR) is 50.0 cm³/mol. The van der Waals surface area contributed by atoms with Crippen LogP contribution in [-0.2, 0) is 0 Å². The van der Waals surface area contributed by atoms with Crippen molar-refractivity contribution in [3.05, 3.63) is 0 Å². The van der Waals surface area contributed by atoms with E-state index in [1.54, 1.807) is 0 Å². The van der Waals surface area contributed by atoms with E-state index in [1.165, 1.54) is 19.4 Å². The van der Waals surface area contributed by atoms with Gasteiger partial charge in [0.25, 0.3) is 0 Å². The summed E-state index contributed by atoms with van der Waals surface area (Å²) < 4.78 is 0. The fourth-order valence-corrected chi connectivity index (χ4v) is 1.54. The lowest BCUT2D eigenvalue weighted by Crippen LogP contribution is -2.33. The molecule has 72 valence electrons. The van der Waals surface area contributed by atoms with E-state index in [-0.39, 0.29) is 0 Å². The van der Waals surface area contributed by atoms with E-state index in [0.29, 0.717) is 6.61 Å². The SMILES string of the molecule is OCCCCN1CCCCNC1. The van der Waals surface area contributed by atoms with E-state index < -0.39 is 0 Å². The van der Waals surface area contributed by atoms with Gasteiger partial charge in [-0.3, -0.25) is 4.90 Å². The van der Waals surface area contributed by atoms with Crippen molar-refractivity contribution < 1.29 is 5.11 Å². The zero-order valence-electron chi connectivity index (χ0n) is 7.76. The number of aliphatic hydroxyl groups is 1. The third-order valence-corrected chi connectivity index (χ3v) is 2.30. The van der Waals surface area contributed by atoms with Crippen LogP contribution in [0.15, 0.2) is 0 Å². The molecule has 0 aromatic carbocycles. The Labute approximate surface area is 74.8 Å². The molecule has 3 nitrogen and oxygen atoms in total. The van der Waals surface area contributed by atoms with Crippen molar-refractivity contribution in [2.75, 3.05) is 32.9 Å². The summed E-state index contributed by atoms with van der Waals surface area (Å²) in [7, 11) is 0. The van der Waals surface area contributed by atoms with Crippen LogP contribution < -0.4 is 5.32 Å². The van der Waals surface area contributed by atoms with Crippen molar-refractivity contribution in [1.82, 2.24) is 10.2 Å². The normalized spacial score (nSPS) is 20.8. The Morgan fingerprint density at radius 2 is 2.17 bits per heavy atom. The molecule has 0 bridgehead atoms. The number of nitrogens with zero attached hydrogens (tertiary/aromatic N) is 1. The highest BCUT2D eigenvalue weighted by molar-refractivity contribution is 4.62. The lowest BCUT2D eigenvalue weighted by molar-refractivity contribution is 0.240. The summed E-state index contributed by atoms with van der Waals surface area (Å²) in [5, 5.41) is 12.0. The fraction of sp³-hybridized carbons (Fsp3) is 1.00. The molecular weight excluding hydrogens is 152 g/mol. The van der Waals surface area contributed by atoms with Gasteiger partial charge in [0.05, 0.1) is 0 Å². The largest absolute Gasteiger partial charge is 0.396 e. The second-order valence-electron chi connectivity index (χ2n) is 3.41. The summed E-state index contributed by atoms with van der Waals surface area (Å²) in [5.74, 6) is 0. The minimum absolute atomic E-state index is 0.335. The second kappa shape index (κ2) is 6.40. The monoisotopic (exact) mass is 172 g/mol. The van der Waals surface area contributed by atoms with Gasteiger partial charge >= 0.3 is 0 Å². The van der Waals surface area contributed by atoms with Gasteiger partial charge in [-0.05, 0) is 45.3 Å². The molecule has 2 N–H and O–H groups in total. The molecule has 1 rings (SSSR count). The Kier molecular flexibility index (Phi) is 5.32. The van der Waals surface area contributed by atoms with E-state index in [4.69, 9.17) is 5.11 Å². The van der Waals surface area contributed by atoms with Crippen molar-refractivity contribution in [3.63, 3.8) is 0 Å². The molecule has 0 unspecified atom stereocenters. The van der Waals surface area contributed by atoms with Crippen LogP contribution in [0, 0.1) is 0 Å². The van der Waals surface area contributed by atoms with Crippen molar-refractivity contribution >= 4 is 0 Å². The number of aliphatic hydroxyl groups excluding tert-OH is 1. The molecule has 1 aliphatic heterocycles. The average molecular weight is 172 g/mol. The van der Waals surface area contributed by atoms with Crippen LogP contribution in [0.25, 0.3) is 0 Å². The maximum Gasteiger partial charge on any atom is 0.0480 e. The van der Waals surface area contributed by atoms with Crippen molar-refractivity contribution in [2.45, 2.75) is 25.7 Å². The first-order valence-corrected chi connectivity index (χ1v) is 4.97. The van der Waals surface area contributed by atoms with E-state index in [9.17, 15) is 0 Å². The molecule has 0 saturated carbocycles. The molecule has 1 fully saturated rings. The fourth-order valence-electron chi connectivity index (χ4n) is 1.54. The van der Waals surface area contributed by atoms with Crippen molar-refractivity contribution in [1.29, 1.82) is 0 Å². The zero-order valence-corrected chi connectivity index (χ0v) is 7.76. The topological polar surface area (TPSA) is 35.5 Å². The molecule has 0 atom stereocenters. The Morgan fingerprint density at radius 1 is 1.25 bits per heavy atom. The van der Waals surface area contributed by atoms with E-state index in [0.717, 1.165) is 32.6 Å². The van der Waals surface area contributed by atoms with Crippen LogP contribution in [0.3, 0.4) is 0 Å². The number of hydrogen-bond acceptors (Lipinski definition) is 3. The summed E-state index contributed by atoms with van der Waals surface area (Å²) in [6.45, 7) is 4.88. The summed E-state index contributed by atoms with van der Waals surface area (Å²) in [5.41, 5.74) is 0. The summed E-state index contributed by atoms with van der Waals surface area (Å²) >= 11 is 0. The lowest BCUT2D eigenvalue weighted by Gasteiger charge is -2.19. The van der Waals surface area contributed by atoms with Gasteiger partial charge < -0.3 is 10.4 Å². The van der Waals surface area contributed by atoms with Gasteiger partial charge in [-0.25, -0.2) is 0 Å². The van der Waals surface area contributed by atoms with Crippen LogP contribution in [0.5, 0.6) is 0 Å². The maximum absolute atomic E-state index is 8.62. The quantitative estimate of drug-likeness (QED) is 0.603. The minimum Gasteiger partial charge on any atom is -0.396 e. The van der Waals surface area contributed by atoms with E-state index >= 15 is 0 Å². The number of nitrogens with one attached hydrogen (secondary N) is 1. The smallest absolute Gasteiger partial charge is 0.0480 e. The standard InChI is InChI=1S/C9H20N2O/c12-8-4-3-7-11-6-2-1-5-10-9-11/h10,12H,1-9H2. The van der Waals surface area contributed by atoms with Crippen LogP contribution >= 0.6 is 0 Å². The highest BCUT2D eigenvalue weighted by Gasteiger charge is 2.06. The van der Waals surface area contributed by atoms with Gasteiger partial charge in [-0.2, -0.15) is 0 Å². The Morgan fingerprint density at radius 3 is 3.00 bits per heavy atom. The molecule has 1 heterocycles. The predicted octanol–water partition coefficient (Wildman–Crippen LogP) is 0.402.